The van der Waals surface area contributed by atoms with Crippen molar-refractivity contribution in [2.24, 2.45) is 0 Å². The zero-order valence-corrected chi connectivity index (χ0v) is 11.8. The lowest BCUT2D eigenvalue weighted by Gasteiger charge is -2.30. The molecule has 0 radical (unpaired) electrons. The van der Waals surface area contributed by atoms with Crippen molar-refractivity contribution >= 4 is 21.5 Å². The van der Waals surface area contributed by atoms with Crippen molar-refractivity contribution in [1.82, 2.24) is 4.90 Å². The third kappa shape index (κ3) is 2.96. The Balaban J connectivity index is 2.28. The van der Waals surface area contributed by atoms with Crippen molar-refractivity contribution in [2.75, 3.05) is 13.1 Å². The van der Waals surface area contributed by atoms with E-state index >= 15 is 0 Å². The summed E-state index contributed by atoms with van der Waals surface area (Å²) in [6, 6.07) is 5.64. The van der Waals surface area contributed by atoms with E-state index in [2.05, 4.69) is 40.8 Å². The fourth-order valence-corrected chi connectivity index (χ4v) is 2.51. The maximum atomic E-state index is 13.8. The predicted octanol–water partition coefficient (Wildman–Crippen LogP) is 4.09. The van der Waals surface area contributed by atoms with Gasteiger partial charge in [0.05, 0.1) is 0 Å². The van der Waals surface area contributed by atoms with Gasteiger partial charge in [-0.15, -0.1) is 0 Å². The third-order valence-corrected chi connectivity index (χ3v) is 3.68. The number of hydrogen-bond donors (Lipinski definition) is 0. The molecule has 0 amide bonds. The van der Waals surface area contributed by atoms with Crippen LogP contribution < -0.4 is 0 Å². The van der Waals surface area contributed by atoms with E-state index in [4.69, 9.17) is 0 Å². The van der Waals surface area contributed by atoms with E-state index < -0.39 is 0 Å². The Morgan fingerprint density at radius 1 is 1.35 bits per heavy atom. The van der Waals surface area contributed by atoms with Gasteiger partial charge < -0.3 is 0 Å². The minimum Gasteiger partial charge on any atom is -0.296 e. The normalized spacial score (nSPS) is 17.4. The van der Waals surface area contributed by atoms with Gasteiger partial charge in [0.2, 0.25) is 0 Å². The van der Waals surface area contributed by atoms with E-state index in [1.165, 1.54) is 6.07 Å². The fourth-order valence-electron chi connectivity index (χ4n) is 2.15. The van der Waals surface area contributed by atoms with Crippen LogP contribution in [0.5, 0.6) is 0 Å². The summed E-state index contributed by atoms with van der Waals surface area (Å²) in [4.78, 5) is 2.37. The second-order valence-electron chi connectivity index (χ2n) is 4.71. The predicted molar refractivity (Wildman–Crippen MR) is 73.4 cm³/mol. The van der Waals surface area contributed by atoms with Crippen LogP contribution >= 0.6 is 15.9 Å². The molecule has 0 fully saturated rings. The Labute approximate surface area is 110 Å². The van der Waals surface area contributed by atoms with E-state index in [1.807, 2.05) is 6.07 Å². The van der Waals surface area contributed by atoms with Gasteiger partial charge in [-0.2, -0.15) is 0 Å². The molecular weight excluding hydrogens is 281 g/mol. The van der Waals surface area contributed by atoms with Crippen molar-refractivity contribution in [2.45, 2.75) is 26.3 Å². The molecule has 1 aromatic rings. The average Bonchev–Trinajstić information content (AvgIpc) is 2.32. The van der Waals surface area contributed by atoms with E-state index in [0.717, 1.165) is 35.1 Å². The van der Waals surface area contributed by atoms with Gasteiger partial charge in [0.25, 0.3) is 0 Å². The first-order chi connectivity index (χ1) is 8.08. The first kappa shape index (κ1) is 12.8. The number of halogens is 2. The van der Waals surface area contributed by atoms with Crippen molar-refractivity contribution in [1.29, 1.82) is 0 Å². The summed E-state index contributed by atoms with van der Waals surface area (Å²) in [5, 5.41) is 0. The van der Waals surface area contributed by atoms with Crippen LogP contribution in [0, 0.1) is 5.82 Å². The molecule has 1 aliphatic rings. The highest BCUT2D eigenvalue weighted by atomic mass is 79.9. The Morgan fingerprint density at radius 2 is 2.12 bits per heavy atom. The smallest absolute Gasteiger partial charge is 0.130 e. The third-order valence-electron chi connectivity index (χ3n) is 3.19. The van der Waals surface area contributed by atoms with E-state index in [9.17, 15) is 4.39 Å². The Morgan fingerprint density at radius 3 is 2.82 bits per heavy atom. The monoisotopic (exact) mass is 297 g/mol. The highest BCUT2D eigenvalue weighted by Gasteiger charge is 2.18. The second kappa shape index (κ2) is 5.32. The molecule has 2 rings (SSSR count). The first-order valence-corrected chi connectivity index (χ1v) is 6.75. The molecule has 0 saturated carbocycles. The van der Waals surface area contributed by atoms with Gasteiger partial charge in [-0.25, -0.2) is 4.39 Å². The fraction of sp³-hybridized carbons (Fsp3) is 0.429. The molecule has 0 aliphatic carbocycles. The number of rotatable bonds is 2. The Hall–Kier alpha value is -0.670. The molecule has 0 N–H and O–H groups in total. The maximum Gasteiger partial charge on any atom is 0.130 e. The van der Waals surface area contributed by atoms with Crippen molar-refractivity contribution < 1.29 is 4.39 Å². The molecule has 92 valence electrons. The van der Waals surface area contributed by atoms with E-state index in [-0.39, 0.29) is 5.82 Å². The SMILES string of the molecule is CC(C)N1CCC=C(c2cc(Br)ccc2F)C1. The molecule has 1 nitrogen and oxygen atoms in total. The van der Waals surface area contributed by atoms with Gasteiger partial charge in [0.15, 0.2) is 0 Å². The lowest BCUT2D eigenvalue weighted by Crippen LogP contribution is -2.35. The van der Waals surface area contributed by atoms with Crippen LogP contribution in [0.15, 0.2) is 28.7 Å². The highest BCUT2D eigenvalue weighted by molar-refractivity contribution is 9.10. The zero-order chi connectivity index (χ0) is 12.4. The van der Waals surface area contributed by atoms with E-state index in [1.54, 1.807) is 6.07 Å². The zero-order valence-electron chi connectivity index (χ0n) is 10.2. The van der Waals surface area contributed by atoms with Gasteiger partial charge in [0, 0.05) is 29.2 Å². The molecule has 0 unspecified atom stereocenters. The molecule has 0 saturated heterocycles. The molecule has 17 heavy (non-hydrogen) atoms. The van der Waals surface area contributed by atoms with Crippen LogP contribution in [-0.4, -0.2) is 24.0 Å². The Bertz CT molecular complexity index is 440. The molecule has 1 aliphatic heterocycles. The summed E-state index contributed by atoms with van der Waals surface area (Å²) in [7, 11) is 0. The second-order valence-corrected chi connectivity index (χ2v) is 5.62. The highest BCUT2D eigenvalue weighted by Crippen LogP contribution is 2.26. The summed E-state index contributed by atoms with van der Waals surface area (Å²) >= 11 is 3.40. The lowest BCUT2D eigenvalue weighted by atomic mass is 10.00. The summed E-state index contributed by atoms with van der Waals surface area (Å²) in [5.41, 5.74) is 1.83. The van der Waals surface area contributed by atoms with Crippen molar-refractivity contribution in [3.63, 3.8) is 0 Å². The molecule has 0 spiro atoms. The van der Waals surface area contributed by atoms with Gasteiger partial charge in [-0.05, 0) is 44.0 Å². The van der Waals surface area contributed by atoms with E-state index in [0.29, 0.717) is 6.04 Å². The first-order valence-electron chi connectivity index (χ1n) is 5.96. The standard InChI is InChI=1S/C14H17BrFN/c1-10(2)17-7-3-4-11(9-17)13-8-12(15)5-6-14(13)16/h4-6,8,10H,3,7,9H2,1-2H3. The van der Waals surface area contributed by atoms with Gasteiger partial charge in [0.1, 0.15) is 5.82 Å². The summed E-state index contributed by atoms with van der Waals surface area (Å²) in [6.07, 6.45) is 3.16. The molecule has 0 aromatic heterocycles. The summed E-state index contributed by atoms with van der Waals surface area (Å²) < 4.78 is 14.7. The van der Waals surface area contributed by atoms with Crippen LogP contribution in [0.3, 0.4) is 0 Å². The lowest BCUT2D eigenvalue weighted by molar-refractivity contribution is 0.247. The van der Waals surface area contributed by atoms with Crippen LogP contribution in [0.2, 0.25) is 0 Å². The van der Waals surface area contributed by atoms with Gasteiger partial charge in [-0.1, -0.05) is 22.0 Å². The molecule has 0 bridgehead atoms. The number of hydrogen-bond acceptors (Lipinski definition) is 1. The maximum absolute atomic E-state index is 13.8. The van der Waals surface area contributed by atoms with Crippen molar-refractivity contribution in [3.8, 4) is 0 Å². The molecule has 3 heteroatoms. The molecule has 1 aromatic carbocycles. The Kier molecular flexibility index (Phi) is 4.00. The molecule has 1 heterocycles. The quantitative estimate of drug-likeness (QED) is 0.795. The molecule has 0 atom stereocenters. The molecular formula is C14H17BrFN. The van der Waals surface area contributed by atoms with Crippen LogP contribution in [-0.2, 0) is 0 Å². The largest absolute Gasteiger partial charge is 0.296 e. The van der Waals surface area contributed by atoms with Gasteiger partial charge >= 0.3 is 0 Å². The van der Waals surface area contributed by atoms with Crippen LogP contribution in [0.25, 0.3) is 5.57 Å². The minimum atomic E-state index is -0.134. The topological polar surface area (TPSA) is 3.24 Å². The summed E-state index contributed by atoms with van der Waals surface area (Å²) in [5.74, 6) is -0.134. The minimum absolute atomic E-state index is 0.134. The number of benzene rings is 1. The summed E-state index contributed by atoms with van der Waals surface area (Å²) in [6.45, 7) is 6.27. The number of nitrogens with zero attached hydrogens (tertiary/aromatic N) is 1. The van der Waals surface area contributed by atoms with Crippen LogP contribution in [0.4, 0.5) is 4.39 Å². The average molecular weight is 298 g/mol. The van der Waals surface area contributed by atoms with Gasteiger partial charge in [-0.3, -0.25) is 4.90 Å². The van der Waals surface area contributed by atoms with Crippen LogP contribution in [0.1, 0.15) is 25.8 Å². The van der Waals surface area contributed by atoms with Crippen molar-refractivity contribution in [3.05, 3.63) is 40.1 Å².